The molecule has 0 spiro atoms. The highest BCUT2D eigenvalue weighted by atomic mass is 16.2. The zero-order valence-electron chi connectivity index (χ0n) is 9.31. The second-order valence-electron chi connectivity index (χ2n) is 3.94. The van der Waals surface area contributed by atoms with Gasteiger partial charge in [0.25, 0.3) is 0 Å². The van der Waals surface area contributed by atoms with E-state index in [4.69, 9.17) is 0 Å². The normalized spacial score (nSPS) is 15.1. The van der Waals surface area contributed by atoms with E-state index in [0.29, 0.717) is 18.9 Å². The predicted octanol–water partition coefficient (Wildman–Crippen LogP) is -1.17. The molecule has 1 heterocycles. The lowest BCUT2D eigenvalue weighted by molar-refractivity contribution is -0.122. The maximum absolute atomic E-state index is 11.3. The monoisotopic (exact) mass is 224 g/mol. The van der Waals surface area contributed by atoms with Crippen LogP contribution in [0.5, 0.6) is 0 Å². The van der Waals surface area contributed by atoms with Crippen LogP contribution in [0.25, 0.3) is 0 Å². The highest BCUT2D eigenvalue weighted by molar-refractivity contribution is 5.80. The van der Waals surface area contributed by atoms with Crippen molar-refractivity contribution in [1.29, 1.82) is 0 Å². The van der Waals surface area contributed by atoms with Crippen molar-refractivity contribution in [2.24, 2.45) is 13.0 Å². The average Bonchev–Trinajstić information content (AvgIpc) is 3.03. The lowest BCUT2D eigenvalue weighted by atomic mass is 10.4. The molecule has 0 saturated heterocycles. The average molecular weight is 224 g/mol. The predicted molar refractivity (Wildman–Crippen MR) is 56.2 cm³/mol. The van der Waals surface area contributed by atoms with Crippen LogP contribution < -0.4 is 10.6 Å². The van der Waals surface area contributed by atoms with E-state index in [9.17, 15) is 4.79 Å². The van der Waals surface area contributed by atoms with Crippen LogP contribution in [0, 0.1) is 5.92 Å². The van der Waals surface area contributed by atoms with E-state index in [1.807, 2.05) is 0 Å². The number of hydrogen-bond donors (Lipinski definition) is 2. The number of nitrogens with one attached hydrogen (secondary N) is 2. The van der Waals surface area contributed by atoms with E-state index in [2.05, 4.69) is 26.0 Å². The molecule has 1 aliphatic carbocycles. The largest absolute Gasteiger partial charge is 0.355 e. The fourth-order valence-electron chi connectivity index (χ4n) is 1.36. The molecule has 1 fully saturated rings. The zero-order chi connectivity index (χ0) is 11.4. The molecule has 2 N–H and O–H groups in total. The van der Waals surface area contributed by atoms with Crippen molar-refractivity contribution < 1.29 is 4.79 Å². The number of aromatic nitrogens is 4. The minimum Gasteiger partial charge on any atom is -0.355 e. The molecule has 7 nitrogen and oxygen atoms in total. The van der Waals surface area contributed by atoms with Crippen LogP contribution in [0.4, 0.5) is 0 Å². The molecule has 0 aromatic carbocycles. The Morgan fingerprint density at radius 3 is 2.94 bits per heavy atom. The molecule has 7 heteroatoms. The fraction of sp³-hybridized carbons (Fsp3) is 0.778. The Labute approximate surface area is 93.6 Å². The van der Waals surface area contributed by atoms with Gasteiger partial charge in [0.1, 0.15) is 0 Å². The topological polar surface area (TPSA) is 84.7 Å². The number of tetrazole rings is 1. The number of carbonyl (C=O) groups excluding carboxylic acids is 1. The number of carbonyl (C=O) groups is 1. The van der Waals surface area contributed by atoms with Gasteiger partial charge in [-0.2, -0.15) is 4.80 Å². The first kappa shape index (κ1) is 11.0. The van der Waals surface area contributed by atoms with Gasteiger partial charge in [0.2, 0.25) is 5.91 Å². The van der Waals surface area contributed by atoms with E-state index in [1.54, 1.807) is 7.05 Å². The van der Waals surface area contributed by atoms with Crippen molar-refractivity contribution in [2.75, 3.05) is 13.1 Å². The van der Waals surface area contributed by atoms with Gasteiger partial charge in [-0.1, -0.05) is 0 Å². The first-order valence-electron chi connectivity index (χ1n) is 5.47. The summed E-state index contributed by atoms with van der Waals surface area (Å²) in [6, 6.07) is 0. The van der Waals surface area contributed by atoms with Crippen molar-refractivity contribution in [3.63, 3.8) is 0 Å². The van der Waals surface area contributed by atoms with Crippen LogP contribution in [-0.4, -0.2) is 39.2 Å². The molecule has 1 aliphatic rings. The molecule has 1 aromatic heterocycles. The second-order valence-corrected chi connectivity index (χ2v) is 3.94. The summed E-state index contributed by atoms with van der Waals surface area (Å²) in [5.41, 5.74) is 0. The minimum atomic E-state index is 0.180. The fourth-order valence-corrected chi connectivity index (χ4v) is 1.36. The van der Waals surface area contributed by atoms with E-state index < -0.39 is 0 Å². The zero-order valence-corrected chi connectivity index (χ0v) is 9.31. The van der Waals surface area contributed by atoms with Crippen molar-refractivity contribution >= 4 is 5.91 Å². The number of amides is 1. The van der Waals surface area contributed by atoms with Crippen LogP contribution in [-0.2, 0) is 18.4 Å². The van der Waals surface area contributed by atoms with Crippen molar-refractivity contribution in [3.8, 4) is 0 Å². The number of hydrogen-bond acceptors (Lipinski definition) is 5. The summed E-state index contributed by atoms with van der Waals surface area (Å²) < 4.78 is 0. The Balaban J connectivity index is 1.53. The molecule has 1 amide bonds. The molecule has 88 valence electrons. The van der Waals surface area contributed by atoms with Crippen molar-refractivity contribution in [1.82, 2.24) is 30.8 Å². The Bertz CT molecular complexity index is 359. The molecule has 0 atom stereocenters. The van der Waals surface area contributed by atoms with Gasteiger partial charge < -0.3 is 10.6 Å². The Hall–Kier alpha value is -1.50. The molecule has 1 aromatic rings. The van der Waals surface area contributed by atoms with Crippen molar-refractivity contribution in [3.05, 3.63) is 5.82 Å². The first-order chi connectivity index (χ1) is 7.75. The summed E-state index contributed by atoms with van der Waals surface area (Å²) in [4.78, 5) is 12.7. The van der Waals surface area contributed by atoms with E-state index in [1.165, 1.54) is 4.80 Å². The lowest BCUT2D eigenvalue weighted by Crippen LogP contribution is -2.32. The summed E-state index contributed by atoms with van der Waals surface area (Å²) in [7, 11) is 1.73. The molecule has 16 heavy (non-hydrogen) atoms. The highest BCUT2D eigenvalue weighted by Gasteiger charge is 2.28. The smallest absolute Gasteiger partial charge is 0.223 e. The Kier molecular flexibility index (Phi) is 3.45. The Morgan fingerprint density at radius 1 is 1.50 bits per heavy atom. The van der Waals surface area contributed by atoms with Gasteiger partial charge in [-0.3, -0.25) is 4.79 Å². The van der Waals surface area contributed by atoms with Crippen LogP contribution in [0.1, 0.15) is 18.7 Å². The number of rotatable bonds is 6. The molecule has 1 saturated carbocycles. The summed E-state index contributed by atoms with van der Waals surface area (Å²) in [5, 5.41) is 17.6. The van der Waals surface area contributed by atoms with Crippen LogP contribution >= 0.6 is 0 Å². The van der Waals surface area contributed by atoms with Crippen LogP contribution in [0.3, 0.4) is 0 Å². The van der Waals surface area contributed by atoms with Crippen molar-refractivity contribution in [2.45, 2.75) is 19.4 Å². The molecule has 2 rings (SSSR count). The van der Waals surface area contributed by atoms with Gasteiger partial charge in [-0.15, -0.1) is 10.2 Å². The molecule has 0 unspecified atom stereocenters. The second kappa shape index (κ2) is 5.02. The maximum atomic E-state index is 11.3. The van der Waals surface area contributed by atoms with Gasteiger partial charge in [-0.05, 0) is 18.1 Å². The standard InChI is InChI=1S/C9H16N6O/c1-15-13-8(12-14-15)6-10-4-5-11-9(16)7-2-3-7/h7,10H,2-6H2,1H3,(H,11,16). The first-order valence-corrected chi connectivity index (χ1v) is 5.47. The molecule has 0 bridgehead atoms. The molecule has 0 aliphatic heterocycles. The molecular weight excluding hydrogens is 208 g/mol. The summed E-state index contributed by atoms with van der Waals surface area (Å²) in [5.74, 6) is 1.12. The lowest BCUT2D eigenvalue weighted by Gasteiger charge is -2.04. The summed E-state index contributed by atoms with van der Waals surface area (Å²) in [6.45, 7) is 1.94. The summed E-state index contributed by atoms with van der Waals surface area (Å²) in [6.07, 6.45) is 2.09. The number of nitrogens with zero attached hydrogens (tertiary/aromatic N) is 4. The molecule has 0 radical (unpaired) electrons. The van der Waals surface area contributed by atoms with Gasteiger partial charge in [0.15, 0.2) is 5.82 Å². The molecular formula is C9H16N6O. The van der Waals surface area contributed by atoms with E-state index in [0.717, 1.165) is 19.4 Å². The van der Waals surface area contributed by atoms with E-state index in [-0.39, 0.29) is 11.8 Å². The third kappa shape index (κ3) is 3.27. The van der Waals surface area contributed by atoms with Gasteiger partial charge >= 0.3 is 0 Å². The number of aryl methyl sites for hydroxylation is 1. The quantitative estimate of drug-likeness (QED) is 0.594. The third-order valence-corrected chi connectivity index (χ3v) is 2.38. The van der Waals surface area contributed by atoms with Crippen LogP contribution in [0.15, 0.2) is 0 Å². The highest BCUT2D eigenvalue weighted by Crippen LogP contribution is 2.28. The van der Waals surface area contributed by atoms with Gasteiger partial charge in [0.05, 0.1) is 13.6 Å². The van der Waals surface area contributed by atoms with Crippen LogP contribution in [0.2, 0.25) is 0 Å². The van der Waals surface area contributed by atoms with Gasteiger partial charge in [0, 0.05) is 19.0 Å². The maximum Gasteiger partial charge on any atom is 0.223 e. The summed E-state index contributed by atoms with van der Waals surface area (Å²) >= 11 is 0. The van der Waals surface area contributed by atoms with Gasteiger partial charge in [-0.25, -0.2) is 0 Å². The third-order valence-electron chi connectivity index (χ3n) is 2.38. The van der Waals surface area contributed by atoms with E-state index >= 15 is 0 Å². The Morgan fingerprint density at radius 2 is 2.31 bits per heavy atom. The minimum absolute atomic E-state index is 0.180. The SMILES string of the molecule is Cn1nnc(CNCCNC(=O)C2CC2)n1.